The first-order chi connectivity index (χ1) is 9.46. The summed E-state index contributed by atoms with van der Waals surface area (Å²) in [5, 5.41) is 17.5. The highest BCUT2D eigenvalue weighted by Crippen LogP contribution is 2.21. The predicted octanol–water partition coefficient (Wildman–Crippen LogP) is 0.329. The number of hydrogen-bond donors (Lipinski definition) is 3. The maximum atomic E-state index is 12.3. The number of hydrogen-bond acceptors (Lipinski definition) is 5. The Hall–Kier alpha value is -2.55. The summed E-state index contributed by atoms with van der Waals surface area (Å²) in [5.41, 5.74) is 6.27. The molecule has 1 aromatic carbocycles. The van der Waals surface area contributed by atoms with Gasteiger partial charge in [0.05, 0.1) is 11.9 Å². The largest absolute Gasteiger partial charge is 0.409 e. The van der Waals surface area contributed by atoms with Gasteiger partial charge in [0, 0.05) is 12.6 Å². The van der Waals surface area contributed by atoms with Crippen LogP contribution in [-0.4, -0.2) is 36.7 Å². The SMILES string of the molecule is CN(c1cccc(/C(N)=N/O)c1)S(=O)(=O)c1ccn[nH]1. The van der Waals surface area contributed by atoms with Gasteiger partial charge in [-0.3, -0.25) is 9.40 Å². The van der Waals surface area contributed by atoms with Gasteiger partial charge in [0.1, 0.15) is 0 Å². The summed E-state index contributed by atoms with van der Waals surface area (Å²) < 4.78 is 25.7. The molecule has 0 radical (unpaired) electrons. The van der Waals surface area contributed by atoms with E-state index >= 15 is 0 Å². The number of H-pyrrole nitrogens is 1. The number of aromatic nitrogens is 2. The van der Waals surface area contributed by atoms with Crippen molar-refractivity contribution in [2.45, 2.75) is 5.03 Å². The van der Waals surface area contributed by atoms with Gasteiger partial charge in [-0.15, -0.1) is 0 Å². The van der Waals surface area contributed by atoms with E-state index in [9.17, 15) is 8.42 Å². The third-order valence-corrected chi connectivity index (χ3v) is 4.44. The summed E-state index contributed by atoms with van der Waals surface area (Å²) >= 11 is 0. The smallest absolute Gasteiger partial charge is 0.281 e. The monoisotopic (exact) mass is 295 g/mol. The van der Waals surface area contributed by atoms with Gasteiger partial charge in [-0.25, -0.2) is 0 Å². The van der Waals surface area contributed by atoms with Crippen molar-refractivity contribution in [3.05, 3.63) is 42.1 Å². The van der Waals surface area contributed by atoms with Crippen molar-refractivity contribution in [3.8, 4) is 0 Å². The number of nitrogens with zero attached hydrogens (tertiary/aromatic N) is 3. The molecule has 0 saturated carbocycles. The fraction of sp³-hybridized carbons (Fsp3) is 0.0909. The molecular formula is C11H13N5O3S. The van der Waals surface area contributed by atoms with Gasteiger partial charge in [0.2, 0.25) is 0 Å². The van der Waals surface area contributed by atoms with Gasteiger partial charge in [0.15, 0.2) is 10.9 Å². The van der Waals surface area contributed by atoms with Crippen molar-refractivity contribution in [2.24, 2.45) is 10.9 Å². The first-order valence-electron chi connectivity index (χ1n) is 5.53. The van der Waals surface area contributed by atoms with Crippen LogP contribution in [0, 0.1) is 0 Å². The van der Waals surface area contributed by atoms with Crippen LogP contribution in [-0.2, 0) is 10.0 Å². The van der Waals surface area contributed by atoms with Crippen molar-refractivity contribution in [1.82, 2.24) is 10.2 Å². The van der Waals surface area contributed by atoms with Crippen LogP contribution in [0.5, 0.6) is 0 Å². The third kappa shape index (κ3) is 2.43. The lowest BCUT2D eigenvalue weighted by atomic mass is 10.2. The first kappa shape index (κ1) is 13.9. The molecule has 0 unspecified atom stereocenters. The Morgan fingerprint density at radius 1 is 1.45 bits per heavy atom. The fourth-order valence-electron chi connectivity index (χ4n) is 1.59. The van der Waals surface area contributed by atoms with E-state index in [1.165, 1.54) is 25.4 Å². The van der Waals surface area contributed by atoms with Crippen LogP contribution < -0.4 is 10.0 Å². The van der Waals surface area contributed by atoms with Crippen molar-refractivity contribution in [1.29, 1.82) is 0 Å². The number of sulfonamides is 1. The molecule has 1 aromatic heterocycles. The van der Waals surface area contributed by atoms with Crippen LogP contribution in [0.15, 0.2) is 46.7 Å². The minimum absolute atomic E-state index is 0.0193. The molecule has 0 aliphatic rings. The molecule has 0 atom stereocenters. The Bertz CT molecular complexity index is 724. The lowest BCUT2D eigenvalue weighted by Gasteiger charge is -2.18. The van der Waals surface area contributed by atoms with Crippen molar-refractivity contribution < 1.29 is 13.6 Å². The van der Waals surface area contributed by atoms with E-state index in [-0.39, 0.29) is 10.9 Å². The zero-order valence-corrected chi connectivity index (χ0v) is 11.4. The van der Waals surface area contributed by atoms with E-state index < -0.39 is 10.0 Å². The molecular weight excluding hydrogens is 282 g/mol. The summed E-state index contributed by atoms with van der Waals surface area (Å²) in [6, 6.07) is 7.68. The second kappa shape index (κ2) is 5.21. The van der Waals surface area contributed by atoms with Gasteiger partial charge >= 0.3 is 0 Å². The zero-order valence-electron chi connectivity index (χ0n) is 10.6. The molecule has 8 nitrogen and oxygen atoms in total. The molecule has 0 spiro atoms. The maximum Gasteiger partial charge on any atom is 0.281 e. The van der Waals surface area contributed by atoms with E-state index in [4.69, 9.17) is 10.9 Å². The van der Waals surface area contributed by atoms with Gasteiger partial charge in [-0.2, -0.15) is 13.5 Å². The van der Waals surface area contributed by atoms with Gasteiger partial charge < -0.3 is 10.9 Å². The minimum atomic E-state index is -3.73. The number of rotatable bonds is 4. The maximum absolute atomic E-state index is 12.3. The Balaban J connectivity index is 2.42. The van der Waals surface area contributed by atoms with E-state index in [2.05, 4.69) is 15.4 Å². The van der Waals surface area contributed by atoms with Crippen molar-refractivity contribution in [3.63, 3.8) is 0 Å². The molecule has 0 saturated heterocycles. The van der Waals surface area contributed by atoms with Crippen LogP contribution in [0.25, 0.3) is 0 Å². The molecule has 0 bridgehead atoms. The lowest BCUT2D eigenvalue weighted by Crippen LogP contribution is -2.27. The molecule has 0 amide bonds. The molecule has 9 heteroatoms. The molecule has 2 aromatic rings. The molecule has 0 aliphatic carbocycles. The summed E-state index contributed by atoms with van der Waals surface area (Å²) in [6.45, 7) is 0. The highest BCUT2D eigenvalue weighted by Gasteiger charge is 2.22. The lowest BCUT2D eigenvalue weighted by molar-refractivity contribution is 0.318. The van der Waals surface area contributed by atoms with Crippen LogP contribution in [0.2, 0.25) is 0 Å². The second-order valence-corrected chi connectivity index (χ2v) is 5.87. The fourth-order valence-corrected chi connectivity index (χ4v) is 2.68. The van der Waals surface area contributed by atoms with Crippen molar-refractivity contribution in [2.75, 3.05) is 11.4 Å². The normalized spacial score (nSPS) is 12.3. The van der Waals surface area contributed by atoms with E-state index in [0.29, 0.717) is 11.3 Å². The number of oxime groups is 1. The first-order valence-corrected chi connectivity index (χ1v) is 6.97. The molecule has 0 aliphatic heterocycles. The Morgan fingerprint density at radius 3 is 2.80 bits per heavy atom. The van der Waals surface area contributed by atoms with E-state index in [0.717, 1.165) is 4.31 Å². The molecule has 20 heavy (non-hydrogen) atoms. The average Bonchev–Trinajstić information content (AvgIpc) is 3.00. The number of nitrogens with two attached hydrogens (primary N) is 1. The summed E-state index contributed by atoms with van der Waals surface area (Å²) in [4.78, 5) is 0. The topological polar surface area (TPSA) is 125 Å². The highest BCUT2D eigenvalue weighted by atomic mass is 32.2. The van der Waals surface area contributed by atoms with E-state index in [1.807, 2.05) is 0 Å². The zero-order chi connectivity index (χ0) is 14.8. The highest BCUT2D eigenvalue weighted by molar-refractivity contribution is 7.92. The standard InChI is InChI=1S/C11H13N5O3S/c1-16(20(18,19)10-5-6-13-14-10)9-4-2-3-8(7-9)11(12)15-17/h2-7,17H,1H3,(H2,12,15)(H,13,14). The third-order valence-electron chi connectivity index (χ3n) is 2.73. The van der Waals surface area contributed by atoms with Gasteiger partial charge in [-0.05, 0) is 18.2 Å². The van der Waals surface area contributed by atoms with Crippen LogP contribution in [0.1, 0.15) is 5.56 Å². The molecule has 0 fully saturated rings. The molecule has 1 heterocycles. The number of anilines is 1. The van der Waals surface area contributed by atoms with Gasteiger partial charge in [0.25, 0.3) is 10.0 Å². The van der Waals surface area contributed by atoms with Crippen LogP contribution >= 0.6 is 0 Å². The average molecular weight is 295 g/mol. The Morgan fingerprint density at radius 2 is 2.20 bits per heavy atom. The number of amidine groups is 1. The van der Waals surface area contributed by atoms with Crippen molar-refractivity contribution >= 4 is 21.5 Å². The van der Waals surface area contributed by atoms with E-state index in [1.54, 1.807) is 18.2 Å². The number of benzene rings is 1. The number of nitrogens with one attached hydrogen (secondary N) is 1. The minimum Gasteiger partial charge on any atom is -0.409 e. The molecule has 4 N–H and O–H groups in total. The molecule has 2 rings (SSSR count). The number of aromatic amines is 1. The Kier molecular flexibility index (Phi) is 3.61. The quantitative estimate of drug-likeness (QED) is 0.324. The second-order valence-electron chi connectivity index (χ2n) is 3.93. The summed E-state index contributed by atoms with van der Waals surface area (Å²) in [7, 11) is -2.32. The molecule has 106 valence electrons. The summed E-state index contributed by atoms with van der Waals surface area (Å²) in [6.07, 6.45) is 1.35. The Labute approximate surface area is 115 Å². The predicted molar refractivity (Wildman–Crippen MR) is 73.1 cm³/mol. The van der Waals surface area contributed by atoms with Crippen LogP contribution in [0.3, 0.4) is 0 Å². The van der Waals surface area contributed by atoms with Gasteiger partial charge in [-0.1, -0.05) is 17.3 Å². The summed E-state index contributed by atoms with van der Waals surface area (Å²) in [5.74, 6) is -0.0980. The van der Waals surface area contributed by atoms with Crippen LogP contribution in [0.4, 0.5) is 5.69 Å².